The Bertz CT molecular complexity index is 946. The molecule has 1 atom stereocenters. The molecular formula is C19H16BF4N3O. The average molecular weight is 389 g/mol. The van der Waals surface area contributed by atoms with Gasteiger partial charge in [0.15, 0.2) is 5.69 Å². The van der Waals surface area contributed by atoms with Crippen molar-refractivity contribution in [1.82, 2.24) is 9.78 Å². The number of allylic oxidation sites excluding steroid dienone is 1. The largest absolute Gasteiger partial charge is 0.489 e. The summed E-state index contributed by atoms with van der Waals surface area (Å²) in [5, 5.41) is 12.5. The maximum atomic E-state index is 13.5. The molecule has 1 aliphatic rings. The quantitative estimate of drug-likeness (QED) is 0.441. The molecule has 0 bridgehead atoms. The van der Waals surface area contributed by atoms with E-state index < -0.39 is 23.8 Å². The van der Waals surface area contributed by atoms with Crippen LogP contribution >= 0.6 is 0 Å². The molecule has 0 saturated heterocycles. The molecule has 1 unspecified atom stereocenters. The van der Waals surface area contributed by atoms with Crippen LogP contribution in [0.5, 0.6) is 0 Å². The second-order valence-corrected chi connectivity index (χ2v) is 6.52. The van der Waals surface area contributed by atoms with Crippen molar-refractivity contribution in [2.45, 2.75) is 44.4 Å². The number of halogens is 4. The summed E-state index contributed by atoms with van der Waals surface area (Å²) < 4.78 is 61.1. The first-order valence-electron chi connectivity index (χ1n) is 8.68. The molecule has 28 heavy (non-hydrogen) atoms. The fraction of sp³-hybridized carbons (Fsp3) is 0.368. The van der Waals surface area contributed by atoms with Gasteiger partial charge in [0.25, 0.3) is 0 Å². The van der Waals surface area contributed by atoms with Gasteiger partial charge >= 0.3 is 6.18 Å². The molecule has 1 heterocycles. The number of fused-ring (bicyclic) bond motifs is 1. The fourth-order valence-corrected chi connectivity index (χ4v) is 3.30. The van der Waals surface area contributed by atoms with Gasteiger partial charge in [-0.2, -0.15) is 23.5 Å². The lowest BCUT2D eigenvalue weighted by Gasteiger charge is -2.26. The van der Waals surface area contributed by atoms with E-state index in [1.807, 2.05) is 6.07 Å². The number of hydrogen-bond acceptors (Lipinski definition) is 3. The van der Waals surface area contributed by atoms with Crippen LogP contribution in [-0.2, 0) is 17.3 Å². The molecule has 2 aromatic rings. The number of rotatable bonds is 5. The first-order valence-corrected chi connectivity index (χ1v) is 8.68. The van der Waals surface area contributed by atoms with Gasteiger partial charge in [-0.1, -0.05) is 12.0 Å². The van der Waals surface area contributed by atoms with E-state index in [-0.39, 0.29) is 41.7 Å². The van der Waals surface area contributed by atoms with Crippen LogP contribution in [0.2, 0.25) is 0 Å². The second kappa shape index (κ2) is 7.70. The summed E-state index contributed by atoms with van der Waals surface area (Å²) in [7, 11) is 5.58. The van der Waals surface area contributed by atoms with E-state index in [1.54, 1.807) is 0 Å². The highest BCUT2D eigenvalue weighted by molar-refractivity contribution is 6.32. The Morgan fingerprint density at radius 1 is 1.43 bits per heavy atom. The zero-order valence-electron chi connectivity index (χ0n) is 14.9. The fourth-order valence-electron chi connectivity index (χ4n) is 3.30. The van der Waals surface area contributed by atoms with Gasteiger partial charge in [-0.3, -0.25) is 0 Å². The molecule has 4 nitrogen and oxygen atoms in total. The Labute approximate surface area is 160 Å². The van der Waals surface area contributed by atoms with Gasteiger partial charge in [-0.15, -0.1) is 0 Å². The molecule has 3 rings (SSSR count). The number of hydrogen-bond donors (Lipinski definition) is 0. The van der Waals surface area contributed by atoms with Crippen molar-refractivity contribution in [1.29, 1.82) is 5.26 Å². The van der Waals surface area contributed by atoms with Crippen LogP contribution in [0.1, 0.15) is 48.7 Å². The highest BCUT2D eigenvalue weighted by Crippen LogP contribution is 2.42. The number of nitrogens with zero attached hydrogens (tertiary/aromatic N) is 3. The van der Waals surface area contributed by atoms with Gasteiger partial charge in [0.05, 0.1) is 23.2 Å². The number of aromatic nitrogens is 2. The molecule has 0 N–H and O–H groups in total. The van der Waals surface area contributed by atoms with Gasteiger partial charge in [0, 0.05) is 18.4 Å². The van der Waals surface area contributed by atoms with E-state index in [1.165, 1.54) is 12.1 Å². The normalized spacial score (nSPS) is 16.3. The van der Waals surface area contributed by atoms with Crippen molar-refractivity contribution in [2.24, 2.45) is 0 Å². The molecule has 0 spiro atoms. The highest BCUT2D eigenvalue weighted by atomic mass is 19.4. The van der Waals surface area contributed by atoms with Crippen LogP contribution < -0.4 is 5.46 Å². The third kappa shape index (κ3) is 3.91. The van der Waals surface area contributed by atoms with Crippen molar-refractivity contribution in [3.63, 3.8) is 0 Å². The topological polar surface area (TPSA) is 50.8 Å². The summed E-state index contributed by atoms with van der Waals surface area (Å²) in [6.07, 6.45) is -3.70. The van der Waals surface area contributed by atoms with Crippen LogP contribution in [0.25, 0.3) is 5.69 Å². The minimum absolute atomic E-state index is 0.0553. The molecule has 2 radical (unpaired) electrons. The Morgan fingerprint density at radius 2 is 2.18 bits per heavy atom. The van der Waals surface area contributed by atoms with Crippen LogP contribution in [0, 0.1) is 17.1 Å². The predicted molar refractivity (Wildman–Crippen MR) is 94.7 cm³/mol. The standard InChI is InChI=1S/C19H16BF4N3O/c1-11(4-3-9-25)28-16-6-2-5-13-17(16)27(26-18(13)19(22,23)24)12-7-8-15(21)14(20)10-12/h7-8,10,16H,1-6H2. The summed E-state index contributed by atoms with van der Waals surface area (Å²) in [5.41, 5.74) is -0.658. The van der Waals surface area contributed by atoms with Gasteiger partial charge in [-0.05, 0) is 37.5 Å². The Hall–Kier alpha value is -2.76. The molecule has 1 aromatic heterocycles. The maximum Gasteiger partial charge on any atom is 0.435 e. The van der Waals surface area contributed by atoms with Crippen molar-refractivity contribution in [3.8, 4) is 11.8 Å². The van der Waals surface area contributed by atoms with E-state index in [0.717, 1.165) is 10.7 Å². The van der Waals surface area contributed by atoms with Crippen LogP contribution in [0.15, 0.2) is 30.5 Å². The van der Waals surface area contributed by atoms with Gasteiger partial charge in [0.2, 0.25) is 0 Å². The Balaban J connectivity index is 2.10. The van der Waals surface area contributed by atoms with Gasteiger partial charge < -0.3 is 4.74 Å². The molecule has 9 heteroatoms. The molecule has 144 valence electrons. The molecule has 0 saturated carbocycles. The Kier molecular flexibility index (Phi) is 5.50. The highest BCUT2D eigenvalue weighted by Gasteiger charge is 2.42. The lowest BCUT2D eigenvalue weighted by atomic mass is 9.92. The van der Waals surface area contributed by atoms with Gasteiger partial charge in [-0.25, -0.2) is 9.07 Å². The first-order chi connectivity index (χ1) is 13.2. The van der Waals surface area contributed by atoms with E-state index in [2.05, 4.69) is 11.7 Å². The van der Waals surface area contributed by atoms with E-state index >= 15 is 0 Å². The van der Waals surface area contributed by atoms with Crippen LogP contribution in [0.4, 0.5) is 17.6 Å². The minimum Gasteiger partial charge on any atom is -0.489 e. The maximum absolute atomic E-state index is 13.5. The predicted octanol–water partition coefficient (Wildman–Crippen LogP) is 4.04. The summed E-state index contributed by atoms with van der Waals surface area (Å²) >= 11 is 0. The van der Waals surface area contributed by atoms with Crippen molar-refractivity contribution in [2.75, 3.05) is 0 Å². The zero-order valence-corrected chi connectivity index (χ0v) is 14.9. The lowest BCUT2D eigenvalue weighted by molar-refractivity contribution is -0.142. The summed E-state index contributed by atoms with van der Waals surface area (Å²) in [6, 6.07) is 5.60. The molecule has 0 fully saturated rings. The Morgan fingerprint density at radius 3 is 2.82 bits per heavy atom. The van der Waals surface area contributed by atoms with Crippen LogP contribution in [0.3, 0.4) is 0 Å². The van der Waals surface area contributed by atoms with Crippen LogP contribution in [-0.4, -0.2) is 17.6 Å². The third-order valence-electron chi connectivity index (χ3n) is 4.54. The smallest absolute Gasteiger partial charge is 0.435 e. The van der Waals surface area contributed by atoms with E-state index in [4.69, 9.17) is 17.8 Å². The zero-order chi connectivity index (χ0) is 20.5. The van der Waals surface area contributed by atoms with Crippen molar-refractivity contribution >= 4 is 13.3 Å². The summed E-state index contributed by atoms with van der Waals surface area (Å²) in [5.74, 6) is -0.349. The third-order valence-corrected chi connectivity index (χ3v) is 4.54. The number of alkyl halides is 3. The SMILES string of the molecule is [B]c1cc(-n2nc(C(F)(F)F)c3c2C(OC(=C)CCC#N)CCC3)ccc1F. The lowest BCUT2D eigenvalue weighted by Crippen LogP contribution is -2.18. The summed E-state index contributed by atoms with van der Waals surface area (Å²) in [4.78, 5) is 0. The average Bonchev–Trinajstić information content (AvgIpc) is 3.03. The number of nitriles is 1. The van der Waals surface area contributed by atoms with Gasteiger partial charge in [0.1, 0.15) is 19.8 Å². The molecule has 1 aliphatic carbocycles. The second-order valence-electron chi connectivity index (χ2n) is 6.52. The molecule has 0 aliphatic heterocycles. The summed E-state index contributed by atoms with van der Waals surface area (Å²) in [6.45, 7) is 3.75. The monoisotopic (exact) mass is 389 g/mol. The molecule has 1 aromatic carbocycles. The number of benzene rings is 1. The van der Waals surface area contributed by atoms with Crippen molar-refractivity contribution < 1.29 is 22.3 Å². The molecular weight excluding hydrogens is 373 g/mol. The molecule has 0 amide bonds. The van der Waals surface area contributed by atoms with E-state index in [0.29, 0.717) is 18.6 Å². The minimum atomic E-state index is -4.64. The number of ether oxygens (including phenoxy) is 1. The van der Waals surface area contributed by atoms with Crippen molar-refractivity contribution in [3.05, 3.63) is 53.3 Å². The first kappa shape index (κ1) is 20.0. The van der Waals surface area contributed by atoms with E-state index in [9.17, 15) is 17.6 Å².